The van der Waals surface area contributed by atoms with Crippen molar-refractivity contribution in [3.8, 4) is 0 Å². The molecule has 214 valence electrons. The zero-order valence-corrected chi connectivity index (χ0v) is 19.5. The van der Waals surface area contributed by atoms with Crippen molar-refractivity contribution in [2.75, 3.05) is 0 Å². The van der Waals surface area contributed by atoms with Gasteiger partial charge in [0.25, 0.3) is 0 Å². The maximum Gasteiger partial charge on any atom is 0.460 e. The van der Waals surface area contributed by atoms with Gasteiger partial charge in [0.1, 0.15) is 5.60 Å². The van der Waals surface area contributed by atoms with E-state index in [0.717, 1.165) is 36.4 Å². The normalized spacial score (nSPS) is 16.0. The molecule has 14 heteroatoms. The van der Waals surface area contributed by atoms with Crippen LogP contribution in [0.5, 0.6) is 0 Å². The molecule has 0 aromatic heterocycles. The highest BCUT2D eigenvalue weighted by molar-refractivity contribution is 5.38. The maximum absolute atomic E-state index is 14.8. The van der Waals surface area contributed by atoms with Crippen LogP contribution in [-0.2, 0) is 12.0 Å². The Labute approximate surface area is 208 Å². The van der Waals surface area contributed by atoms with Gasteiger partial charge in [-0.05, 0) is 29.0 Å². The summed E-state index contributed by atoms with van der Waals surface area (Å²) < 4.78 is 177. The zero-order chi connectivity index (χ0) is 29.6. The van der Waals surface area contributed by atoms with Crippen molar-refractivity contribution in [1.82, 2.24) is 0 Å². The predicted octanol–water partition coefficient (Wildman–Crippen LogP) is 8.25. The fourth-order valence-corrected chi connectivity index (χ4v) is 3.71. The molecule has 2 aromatic rings. The molecule has 0 spiro atoms. The molecule has 2 aromatic carbocycles. The van der Waals surface area contributed by atoms with Gasteiger partial charge in [0.2, 0.25) is 0 Å². The average Bonchev–Trinajstić information content (AvgIpc) is 2.78. The minimum atomic E-state index is -8.01. The molecule has 2 rings (SSSR count). The third-order valence-electron chi connectivity index (χ3n) is 5.80. The van der Waals surface area contributed by atoms with Gasteiger partial charge in [-0.25, -0.2) is 0 Å². The maximum atomic E-state index is 14.8. The Hall–Kier alpha value is -2.51. The van der Waals surface area contributed by atoms with Crippen LogP contribution < -0.4 is 0 Å². The van der Waals surface area contributed by atoms with E-state index in [1.54, 1.807) is 0 Å². The Morgan fingerprint density at radius 3 is 1.42 bits per heavy atom. The zero-order valence-electron chi connectivity index (χ0n) is 19.5. The molecule has 0 heterocycles. The van der Waals surface area contributed by atoms with Gasteiger partial charge in [-0.1, -0.05) is 68.4 Å². The van der Waals surface area contributed by atoms with Crippen LogP contribution in [0.4, 0.5) is 57.1 Å². The van der Waals surface area contributed by atoms with Crippen LogP contribution in [0.25, 0.3) is 0 Å². The number of alkyl halides is 13. The fourth-order valence-electron chi connectivity index (χ4n) is 3.71. The molecule has 0 radical (unpaired) electrons. The summed E-state index contributed by atoms with van der Waals surface area (Å²) >= 11 is 0. The molecular weight excluding hydrogens is 551 g/mol. The Morgan fingerprint density at radius 1 is 0.579 bits per heavy atom. The molecule has 1 atom stereocenters. The summed E-state index contributed by atoms with van der Waals surface area (Å²) in [5, 5.41) is 11.1. The number of hydrogen-bond donors (Lipinski definition) is 1. The van der Waals surface area contributed by atoms with E-state index < -0.39 is 58.9 Å². The molecular formula is C24H21F13O. The third kappa shape index (κ3) is 5.20. The summed E-state index contributed by atoms with van der Waals surface area (Å²) in [6.45, 7) is 3.63. The van der Waals surface area contributed by atoms with E-state index in [0.29, 0.717) is 12.0 Å². The summed E-state index contributed by atoms with van der Waals surface area (Å²) in [7, 11) is 0. The lowest BCUT2D eigenvalue weighted by atomic mass is 9.78. The summed E-state index contributed by atoms with van der Waals surface area (Å²) in [5.41, 5.74) is -3.93. The Balaban J connectivity index is 2.64. The smallest absolute Gasteiger partial charge is 0.380 e. The molecule has 38 heavy (non-hydrogen) atoms. The van der Waals surface area contributed by atoms with E-state index in [1.165, 1.54) is 18.2 Å². The van der Waals surface area contributed by atoms with E-state index in [4.69, 9.17) is 0 Å². The van der Waals surface area contributed by atoms with Crippen molar-refractivity contribution in [3.63, 3.8) is 0 Å². The van der Waals surface area contributed by atoms with Crippen molar-refractivity contribution in [3.05, 3.63) is 71.3 Å². The van der Waals surface area contributed by atoms with Crippen LogP contribution >= 0.6 is 0 Å². The van der Waals surface area contributed by atoms with Gasteiger partial charge in [-0.3, -0.25) is 0 Å². The van der Waals surface area contributed by atoms with Gasteiger partial charge >= 0.3 is 35.8 Å². The number of aliphatic hydroxyl groups is 1. The number of hydrogen-bond acceptors (Lipinski definition) is 1. The molecule has 1 unspecified atom stereocenters. The highest BCUT2D eigenvalue weighted by Crippen LogP contribution is 2.61. The van der Waals surface area contributed by atoms with Gasteiger partial charge in [-0.2, -0.15) is 57.1 Å². The summed E-state index contributed by atoms with van der Waals surface area (Å²) in [6, 6.07) is 9.86. The fraction of sp³-hybridized carbons (Fsp3) is 0.500. The molecule has 1 N–H and O–H groups in total. The second kappa shape index (κ2) is 9.91. The summed E-state index contributed by atoms with van der Waals surface area (Å²) in [5.74, 6) is -37.6. The third-order valence-corrected chi connectivity index (χ3v) is 5.80. The molecule has 0 bridgehead atoms. The van der Waals surface area contributed by atoms with Crippen molar-refractivity contribution in [2.24, 2.45) is 5.92 Å². The Morgan fingerprint density at radius 2 is 1.00 bits per heavy atom. The van der Waals surface area contributed by atoms with Gasteiger partial charge in [0.15, 0.2) is 0 Å². The molecule has 1 nitrogen and oxygen atoms in total. The first kappa shape index (κ1) is 31.7. The van der Waals surface area contributed by atoms with Gasteiger partial charge in [0.05, 0.1) is 6.42 Å². The number of benzene rings is 2. The molecule has 0 saturated carbocycles. The molecule has 0 fully saturated rings. The van der Waals surface area contributed by atoms with Crippen LogP contribution in [0.3, 0.4) is 0 Å². The largest absolute Gasteiger partial charge is 0.460 e. The first-order valence-electron chi connectivity index (χ1n) is 10.8. The van der Waals surface area contributed by atoms with Crippen molar-refractivity contribution in [2.45, 2.75) is 68.1 Å². The lowest BCUT2D eigenvalue weighted by Gasteiger charge is -2.42. The second-order valence-electron chi connectivity index (χ2n) is 9.20. The minimum absolute atomic E-state index is 0.0932. The van der Waals surface area contributed by atoms with Crippen LogP contribution in [0.15, 0.2) is 54.6 Å². The van der Waals surface area contributed by atoms with E-state index in [1.807, 2.05) is 13.8 Å². The van der Waals surface area contributed by atoms with Gasteiger partial charge in [-0.15, -0.1) is 0 Å². The average molecular weight is 572 g/mol. The second-order valence-corrected chi connectivity index (χ2v) is 9.20. The topological polar surface area (TPSA) is 20.2 Å². The van der Waals surface area contributed by atoms with Crippen LogP contribution in [0, 0.1) is 5.92 Å². The van der Waals surface area contributed by atoms with Gasteiger partial charge < -0.3 is 5.11 Å². The minimum Gasteiger partial charge on any atom is -0.380 e. The quantitative estimate of drug-likeness (QED) is 0.285. The highest BCUT2D eigenvalue weighted by atomic mass is 19.4. The molecule has 0 saturated heterocycles. The van der Waals surface area contributed by atoms with Crippen LogP contribution in [0.1, 0.15) is 37.0 Å². The monoisotopic (exact) mass is 572 g/mol. The van der Waals surface area contributed by atoms with Crippen LogP contribution in [-0.4, -0.2) is 40.9 Å². The molecule has 0 aliphatic carbocycles. The summed E-state index contributed by atoms with van der Waals surface area (Å²) in [6.07, 6.45) is -9.84. The number of halogens is 13. The van der Waals surface area contributed by atoms with E-state index in [-0.39, 0.29) is 5.92 Å². The summed E-state index contributed by atoms with van der Waals surface area (Å²) in [4.78, 5) is 0. The van der Waals surface area contributed by atoms with E-state index in [9.17, 15) is 62.2 Å². The molecule has 0 amide bonds. The number of rotatable bonds is 10. The lowest BCUT2D eigenvalue weighted by Crippen LogP contribution is -2.70. The van der Waals surface area contributed by atoms with E-state index in [2.05, 4.69) is 0 Å². The van der Waals surface area contributed by atoms with Crippen molar-refractivity contribution < 1.29 is 62.2 Å². The first-order chi connectivity index (χ1) is 17.0. The van der Waals surface area contributed by atoms with E-state index >= 15 is 0 Å². The first-order valence-corrected chi connectivity index (χ1v) is 10.8. The van der Waals surface area contributed by atoms with Crippen molar-refractivity contribution in [1.29, 1.82) is 0 Å². The Bertz CT molecular complexity index is 1080. The molecule has 0 aliphatic heterocycles. The predicted molar refractivity (Wildman–Crippen MR) is 110 cm³/mol. The Kier molecular flexibility index (Phi) is 8.27. The standard InChI is InChI=1S/C24H21F13O/c1-14(2)12-15-8-10-17(11-9-15)18(38,16-6-4-3-5-7-16)13-19(25,26)20(27,28)21(29,30)22(31,32)23(33,34)24(35,36)37/h3-11,14,38H,12-13H2,1-2H3. The molecule has 0 aliphatic rings. The SMILES string of the molecule is CC(C)Cc1ccc(C(O)(CC(F)(F)C(F)(F)C(F)(F)C(F)(F)C(F)(F)C(F)(F)F)c2ccccc2)cc1. The van der Waals surface area contributed by atoms with Crippen molar-refractivity contribution >= 4 is 0 Å². The van der Waals surface area contributed by atoms with Crippen LogP contribution in [0.2, 0.25) is 0 Å². The lowest BCUT2D eigenvalue weighted by molar-refractivity contribution is -0.441. The van der Waals surface area contributed by atoms with Gasteiger partial charge in [0, 0.05) is 0 Å². The highest BCUT2D eigenvalue weighted by Gasteiger charge is 2.90.